The van der Waals surface area contributed by atoms with E-state index in [0.29, 0.717) is 27.4 Å². The van der Waals surface area contributed by atoms with Crippen LogP contribution in [-0.2, 0) is 24.6 Å². The van der Waals surface area contributed by atoms with Crippen molar-refractivity contribution in [1.82, 2.24) is 5.01 Å². The van der Waals surface area contributed by atoms with Crippen LogP contribution in [0.2, 0.25) is 5.02 Å². The fourth-order valence-electron chi connectivity index (χ4n) is 8.94. The van der Waals surface area contributed by atoms with E-state index < -0.39 is 70.4 Å². The molecule has 55 heavy (non-hydrogen) atoms. The van der Waals surface area contributed by atoms with Gasteiger partial charge >= 0.3 is 5.97 Å². The molecule has 3 N–H and O–H groups in total. The minimum absolute atomic E-state index is 0.0290. The number of imide groups is 2. The molecule has 0 aromatic heterocycles. The number of allylic oxidation sites excluding steroid dienone is 3. The first-order chi connectivity index (χ1) is 26.4. The number of phenols is 1. The fourth-order valence-corrected chi connectivity index (χ4v) is 9.07. The van der Waals surface area contributed by atoms with Crippen molar-refractivity contribution >= 4 is 58.6 Å². The molecule has 1 saturated carbocycles. The summed E-state index contributed by atoms with van der Waals surface area (Å²) in [4.78, 5) is 71.3. The first-order valence-electron chi connectivity index (χ1n) is 17.6. The normalized spacial score (nSPS) is 25.8. The number of aromatic carboxylic acids is 1. The second kappa shape index (κ2) is 13.5. The number of rotatable bonds is 8. The van der Waals surface area contributed by atoms with Crippen LogP contribution in [0, 0.1) is 35.4 Å². The molecule has 4 aliphatic rings. The molecule has 0 radical (unpaired) electrons. The third kappa shape index (κ3) is 5.67. The van der Waals surface area contributed by atoms with Gasteiger partial charge in [-0.05, 0) is 96.6 Å². The van der Waals surface area contributed by atoms with Crippen LogP contribution in [0.25, 0.3) is 6.08 Å². The van der Waals surface area contributed by atoms with Gasteiger partial charge in [-0.15, -0.1) is 0 Å². The maximum absolute atomic E-state index is 15.2. The largest absolute Gasteiger partial charge is 0.504 e. The quantitative estimate of drug-likeness (QED) is 0.133. The Labute approximate surface area is 319 Å². The van der Waals surface area contributed by atoms with E-state index in [2.05, 4.69) is 5.43 Å². The molecule has 2 aliphatic carbocycles. The topological polar surface area (TPSA) is 154 Å². The number of carbonyl (C=O) groups excluding carboxylic acids is 4. The Morgan fingerprint density at radius 1 is 0.945 bits per heavy atom. The highest BCUT2D eigenvalue weighted by molar-refractivity contribution is 6.30. The van der Waals surface area contributed by atoms with Gasteiger partial charge in [0.05, 0.1) is 47.2 Å². The SMILES string of the molecule is COc1cc(C=CC2C3=CCC4C(=O)N(c5cccc(C(=O)O)c5)C(=O)C4C3CC3C(=O)N(Nc4ccc(F)cc4)C(=O)C23c2ccc(Cl)cc2)ccc1O. The lowest BCUT2D eigenvalue weighted by molar-refractivity contribution is -0.139. The van der Waals surface area contributed by atoms with Crippen LogP contribution in [0.3, 0.4) is 0 Å². The molecule has 4 aromatic rings. The van der Waals surface area contributed by atoms with Gasteiger partial charge in [-0.3, -0.25) is 29.5 Å². The Bertz CT molecular complexity index is 2350. The van der Waals surface area contributed by atoms with Crippen molar-refractivity contribution in [3.63, 3.8) is 0 Å². The molecule has 11 nitrogen and oxygen atoms in total. The van der Waals surface area contributed by atoms with Crippen molar-refractivity contribution < 1.29 is 43.3 Å². The van der Waals surface area contributed by atoms with Crippen LogP contribution in [0.1, 0.15) is 34.3 Å². The van der Waals surface area contributed by atoms with Crippen LogP contribution in [0.4, 0.5) is 15.8 Å². The van der Waals surface area contributed by atoms with Crippen LogP contribution >= 0.6 is 11.6 Å². The number of carbonyl (C=O) groups is 5. The Kier molecular flexibility index (Phi) is 8.80. The van der Waals surface area contributed by atoms with Gasteiger partial charge in [-0.25, -0.2) is 9.18 Å². The average molecular weight is 762 g/mol. The summed E-state index contributed by atoms with van der Waals surface area (Å²) in [6, 6.07) is 22.3. The number of phenolic OH excluding ortho intramolecular Hbond substituents is 1. The van der Waals surface area contributed by atoms with E-state index >= 15 is 4.79 Å². The molecule has 2 saturated heterocycles. The van der Waals surface area contributed by atoms with E-state index in [1.54, 1.807) is 42.5 Å². The molecule has 0 spiro atoms. The Morgan fingerprint density at radius 2 is 1.69 bits per heavy atom. The van der Waals surface area contributed by atoms with Crippen LogP contribution in [0.5, 0.6) is 11.5 Å². The molecule has 2 heterocycles. The number of aromatic hydroxyl groups is 1. The summed E-state index contributed by atoms with van der Waals surface area (Å²) < 4.78 is 19.2. The maximum atomic E-state index is 15.2. The van der Waals surface area contributed by atoms with Gasteiger partial charge in [0, 0.05) is 10.9 Å². The van der Waals surface area contributed by atoms with E-state index in [1.165, 1.54) is 61.7 Å². The smallest absolute Gasteiger partial charge is 0.335 e. The van der Waals surface area contributed by atoms with Crippen molar-refractivity contribution in [2.75, 3.05) is 17.4 Å². The molecule has 6 unspecified atom stereocenters. The van der Waals surface area contributed by atoms with Gasteiger partial charge in [0.25, 0.3) is 11.8 Å². The van der Waals surface area contributed by atoms with Gasteiger partial charge < -0.3 is 14.9 Å². The molecule has 3 fully saturated rings. The summed E-state index contributed by atoms with van der Waals surface area (Å²) in [5.74, 6) is -7.96. The number of amides is 4. The van der Waals surface area contributed by atoms with E-state index in [0.717, 1.165) is 9.91 Å². The van der Waals surface area contributed by atoms with Crippen molar-refractivity contribution in [3.05, 3.63) is 136 Å². The number of anilines is 2. The zero-order valence-electron chi connectivity index (χ0n) is 29.2. The lowest BCUT2D eigenvalue weighted by Crippen LogP contribution is -2.54. The summed E-state index contributed by atoms with van der Waals surface area (Å²) >= 11 is 6.35. The Morgan fingerprint density at radius 3 is 2.40 bits per heavy atom. The number of halogens is 2. The molecule has 4 amide bonds. The molecule has 2 aliphatic heterocycles. The number of ether oxygens (including phenoxy) is 1. The van der Waals surface area contributed by atoms with Gasteiger partial charge in [0.2, 0.25) is 11.8 Å². The minimum atomic E-state index is -1.57. The number of nitrogens with zero attached hydrogens (tertiary/aromatic N) is 2. The molecular formula is C42H33ClFN3O8. The van der Waals surface area contributed by atoms with E-state index in [-0.39, 0.29) is 35.6 Å². The number of fused-ring (bicyclic) bond motifs is 4. The summed E-state index contributed by atoms with van der Waals surface area (Å²) in [6.45, 7) is 0. The third-order valence-corrected chi connectivity index (χ3v) is 11.6. The molecule has 0 bridgehead atoms. The zero-order chi connectivity index (χ0) is 38.8. The van der Waals surface area contributed by atoms with Gasteiger partial charge in [-0.2, -0.15) is 5.01 Å². The first-order valence-corrected chi connectivity index (χ1v) is 17.9. The van der Waals surface area contributed by atoms with Gasteiger partial charge in [0.15, 0.2) is 11.5 Å². The highest BCUT2D eigenvalue weighted by atomic mass is 35.5. The average Bonchev–Trinajstić information content (AvgIpc) is 3.56. The molecule has 8 rings (SSSR count). The van der Waals surface area contributed by atoms with E-state index in [9.17, 15) is 33.8 Å². The van der Waals surface area contributed by atoms with Crippen LogP contribution in [-0.4, -0.2) is 51.9 Å². The summed E-state index contributed by atoms with van der Waals surface area (Å²) in [7, 11) is 1.42. The van der Waals surface area contributed by atoms with Crippen LogP contribution < -0.4 is 15.1 Å². The minimum Gasteiger partial charge on any atom is -0.504 e. The van der Waals surface area contributed by atoms with E-state index in [4.69, 9.17) is 16.3 Å². The van der Waals surface area contributed by atoms with Gasteiger partial charge in [-0.1, -0.05) is 59.7 Å². The Hall–Kier alpha value is -6.27. The summed E-state index contributed by atoms with van der Waals surface area (Å²) in [6.07, 6.45) is 5.65. The highest BCUT2D eigenvalue weighted by Crippen LogP contribution is 2.61. The molecule has 6 atom stereocenters. The van der Waals surface area contributed by atoms with Crippen LogP contribution in [0.15, 0.2) is 109 Å². The van der Waals surface area contributed by atoms with E-state index in [1.807, 2.05) is 12.2 Å². The second-order valence-corrected chi connectivity index (χ2v) is 14.5. The number of carboxylic acid groups (broad SMARTS) is 1. The summed E-state index contributed by atoms with van der Waals surface area (Å²) in [5, 5.41) is 21.3. The number of nitrogens with one attached hydrogen (secondary N) is 1. The Balaban J connectivity index is 1.29. The zero-order valence-corrected chi connectivity index (χ0v) is 29.9. The number of methoxy groups -OCH3 is 1. The molecular weight excluding hydrogens is 729 g/mol. The summed E-state index contributed by atoms with van der Waals surface area (Å²) in [5.41, 5.74) is 3.50. The number of carboxylic acids is 1. The first kappa shape index (κ1) is 35.7. The number of hydrogen-bond donors (Lipinski definition) is 3. The number of hydrogen-bond acceptors (Lipinski definition) is 8. The predicted molar refractivity (Wildman–Crippen MR) is 199 cm³/mol. The standard InChI is InChI=1S/C42H33ClFN3O8/c1-55-35-19-22(6-18-34(35)48)5-17-32-29-15-16-30-36(39(51)46(37(30)49)28-4-2-3-23(20-28)40(52)53)31(29)21-33-38(50)47(45-27-13-11-26(44)12-14-27)41(54)42(32,33)24-7-9-25(43)10-8-24/h2-15,17-20,30-33,36,45,48H,16,21H2,1H3,(H,52,53). The monoisotopic (exact) mass is 761 g/mol. The van der Waals surface area contributed by atoms with Crippen molar-refractivity contribution in [2.24, 2.45) is 29.6 Å². The van der Waals surface area contributed by atoms with Gasteiger partial charge in [0.1, 0.15) is 5.82 Å². The fraction of sp³-hybridized carbons (Fsp3) is 0.214. The van der Waals surface area contributed by atoms with Crippen molar-refractivity contribution in [2.45, 2.75) is 18.3 Å². The molecule has 13 heteroatoms. The highest BCUT2D eigenvalue weighted by Gasteiger charge is 2.69. The van der Waals surface area contributed by atoms with Crippen molar-refractivity contribution in [3.8, 4) is 11.5 Å². The maximum Gasteiger partial charge on any atom is 0.335 e. The number of benzene rings is 4. The second-order valence-electron chi connectivity index (χ2n) is 14.1. The molecule has 4 aromatic carbocycles. The third-order valence-electron chi connectivity index (χ3n) is 11.4. The molecule has 278 valence electrons. The number of hydrazine groups is 1. The lowest BCUT2D eigenvalue weighted by atomic mass is 9.50. The lowest BCUT2D eigenvalue weighted by Gasteiger charge is -2.49. The van der Waals surface area contributed by atoms with Crippen molar-refractivity contribution in [1.29, 1.82) is 0 Å². The predicted octanol–water partition coefficient (Wildman–Crippen LogP) is 6.63.